The van der Waals surface area contributed by atoms with E-state index in [9.17, 15) is 9.18 Å². The van der Waals surface area contributed by atoms with Crippen LogP contribution >= 0.6 is 0 Å². The van der Waals surface area contributed by atoms with Crippen molar-refractivity contribution in [1.82, 2.24) is 4.90 Å². The summed E-state index contributed by atoms with van der Waals surface area (Å²) in [5, 5.41) is 0. The number of ketones is 1. The van der Waals surface area contributed by atoms with E-state index in [-0.39, 0.29) is 11.3 Å². The molecule has 1 aromatic carbocycles. The van der Waals surface area contributed by atoms with Crippen molar-refractivity contribution in [3.05, 3.63) is 54.4 Å². The number of rotatable bonds is 15. The third-order valence-electron chi connectivity index (χ3n) is 4.39. The van der Waals surface area contributed by atoms with Gasteiger partial charge in [-0.3, -0.25) is 4.79 Å². The molecule has 27 heavy (non-hydrogen) atoms. The van der Waals surface area contributed by atoms with Crippen LogP contribution in [0.25, 0.3) is 0 Å². The molecule has 0 atom stereocenters. The lowest BCUT2D eigenvalue weighted by molar-refractivity contribution is 0.0972. The molecule has 150 valence electrons. The number of nitrogens with zero attached hydrogens (tertiary/aromatic N) is 1. The molecule has 0 unspecified atom stereocenters. The van der Waals surface area contributed by atoms with Crippen LogP contribution in [0.1, 0.15) is 62.2 Å². The maximum Gasteiger partial charge on any atom is 0.169 e. The van der Waals surface area contributed by atoms with E-state index in [0.717, 1.165) is 50.8 Å². The molecule has 1 aromatic rings. The van der Waals surface area contributed by atoms with Crippen LogP contribution in [0.2, 0.25) is 0 Å². The van der Waals surface area contributed by atoms with E-state index in [1.807, 2.05) is 13.0 Å². The number of halogens is 1. The van der Waals surface area contributed by atoms with E-state index in [4.69, 9.17) is 4.74 Å². The highest BCUT2D eigenvalue weighted by atomic mass is 19.1. The Hall–Kier alpha value is -1.94. The fourth-order valence-corrected chi connectivity index (χ4v) is 2.90. The van der Waals surface area contributed by atoms with Crippen molar-refractivity contribution < 1.29 is 13.9 Å². The van der Waals surface area contributed by atoms with Gasteiger partial charge in [-0.2, -0.15) is 0 Å². The van der Waals surface area contributed by atoms with Gasteiger partial charge >= 0.3 is 0 Å². The van der Waals surface area contributed by atoms with E-state index in [2.05, 4.69) is 25.1 Å². The second-order valence-corrected chi connectivity index (χ2v) is 7.16. The van der Waals surface area contributed by atoms with Crippen LogP contribution in [-0.2, 0) is 0 Å². The molecule has 0 bridgehead atoms. The first-order valence-corrected chi connectivity index (χ1v) is 9.84. The van der Waals surface area contributed by atoms with E-state index < -0.39 is 5.82 Å². The summed E-state index contributed by atoms with van der Waals surface area (Å²) in [6.07, 6.45) is 7.88. The Morgan fingerprint density at radius 1 is 1.19 bits per heavy atom. The summed E-state index contributed by atoms with van der Waals surface area (Å²) in [5.74, 6) is -0.339. The number of Topliss-reactive ketones (excluding diaryl/α,β-unsaturated/α-hetero) is 1. The summed E-state index contributed by atoms with van der Waals surface area (Å²) < 4.78 is 19.9. The van der Waals surface area contributed by atoms with Crippen LogP contribution < -0.4 is 4.74 Å². The van der Waals surface area contributed by atoms with Crippen LogP contribution in [0.15, 0.2) is 43.0 Å². The Balaban J connectivity index is 2.40. The topological polar surface area (TPSA) is 29.5 Å². The van der Waals surface area contributed by atoms with Crippen molar-refractivity contribution in [3.8, 4) is 5.75 Å². The summed E-state index contributed by atoms with van der Waals surface area (Å²) in [6.45, 7) is 12.0. The highest BCUT2D eigenvalue weighted by molar-refractivity contribution is 5.98. The molecule has 4 heteroatoms. The Morgan fingerprint density at radius 3 is 2.63 bits per heavy atom. The minimum absolute atomic E-state index is 0.0882. The molecule has 0 aliphatic heterocycles. The predicted octanol–water partition coefficient (Wildman–Crippen LogP) is 5.81. The highest BCUT2D eigenvalue weighted by Crippen LogP contribution is 2.24. The number of benzene rings is 1. The van der Waals surface area contributed by atoms with Crippen molar-refractivity contribution in [2.45, 2.75) is 51.9 Å². The molecule has 0 radical (unpaired) electrons. The molecule has 0 amide bonds. The van der Waals surface area contributed by atoms with Gasteiger partial charge < -0.3 is 9.64 Å². The number of unbranched alkanes of at least 4 members (excludes halogenated alkanes) is 3. The first kappa shape index (κ1) is 23.1. The van der Waals surface area contributed by atoms with Crippen molar-refractivity contribution in [1.29, 1.82) is 0 Å². The van der Waals surface area contributed by atoms with E-state index in [1.54, 1.807) is 12.1 Å². The lowest BCUT2D eigenvalue weighted by atomic mass is 10.0. The Morgan fingerprint density at radius 2 is 1.93 bits per heavy atom. The molecule has 0 saturated heterocycles. The second-order valence-electron chi connectivity index (χ2n) is 7.16. The van der Waals surface area contributed by atoms with Crippen LogP contribution in [0, 0.1) is 5.82 Å². The van der Waals surface area contributed by atoms with Gasteiger partial charge in [-0.1, -0.05) is 30.6 Å². The number of hydrogen-bond acceptors (Lipinski definition) is 3. The Labute approximate surface area is 163 Å². The molecule has 0 fully saturated rings. The Bertz CT molecular complexity index is 612. The van der Waals surface area contributed by atoms with Crippen molar-refractivity contribution in [2.75, 3.05) is 26.7 Å². The lowest BCUT2D eigenvalue weighted by Gasteiger charge is -2.14. The SMILES string of the molecule is C=CCN(C)CCCCCCOc1cccc(F)c1C(=O)CCCC(=C)C. The first-order valence-electron chi connectivity index (χ1n) is 9.84. The molecular weight excluding hydrogens is 341 g/mol. The fraction of sp³-hybridized carbons (Fsp3) is 0.522. The minimum Gasteiger partial charge on any atom is -0.493 e. The van der Waals surface area contributed by atoms with E-state index >= 15 is 0 Å². The summed E-state index contributed by atoms with van der Waals surface area (Å²) >= 11 is 0. The number of allylic oxidation sites excluding steroid dienone is 1. The fourth-order valence-electron chi connectivity index (χ4n) is 2.90. The molecule has 0 saturated carbocycles. The number of hydrogen-bond donors (Lipinski definition) is 0. The van der Waals surface area contributed by atoms with Crippen molar-refractivity contribution in [3.63, 3.8) is 0 Å². The number of ether oxygens (including phenoxy) is 1. The van der Waals surface area contributed by atoms with Crippen LogP contribution in [-0.4, -0.2) is 37.4 Å². The zero-order chi connectivity index (χ0) is 20.1. The lowest BCUT2D eigenvalue weighted by Crippen LogP contribution is -2.19. The largest absolute Gasteiger partial charge is 0.493 e. The summed E-state index contributed by atoms with van der Waals surface area (Å²) in [6, 6.07) is 4.59. The summed E-state index contributed by atoms with van der Waals surface area (Å²) in [7, 11) is 2.09. The average Bonchev–Trinajstić information content (AvgIpc) is 2.60. The molecule has 0 spiro atoms. The van der Waals surface area contributed by atoms with Gasteiger partial charge in [0, 0.05) is 13.0 Å². The average molecular weight is 376 g/mol. The van der Waals surface area contributed by atoms with Crippen molar-refractivity contribution in [2.24, 2.45) is 0 Å². The molecule has 0 heterocycles. The van der Waals surface area contributed by atoms with E-state index in [0.29, 0.717) is 25.2 Å². The maximum absolute atomic E-state index is 14.2. The van der Waals surface area contributed by atoms with Gasteiger partial charge in [-0.25, -0.2) is 4.39 Å². The first-order chi connectivity index (χ1) is 13.0. The van der Waals surface area contributed by atoms with Gasteiger partial charge in [0.1, 0.15) is 11.6 Å². The van der Waals surface area contributed by atoms with Crippen LogP contribution in [0.4, 0.5) is 4.39 Å². The normalized spacial score (nSPS) is 10.8. The monoisotopic (exact) mass is 375 g/mol. The number of likely N-dealkylation sites (N-methyl/N-ethyl adjacent to an activating group) is 1. The molecule has 0 aliphatic carbocycles. The number of carbonyl (C=O) groups excluding carboxylic acids is 1. The predicted molar refractivity (Wildman–Crippen MR) is 111 cm³/mol. The van der Waals surface area contributed by atoms with Gasteiger partial charge in [0.15, 0.2) is 5.78 Å². The van der Waals surface area contributed by atoms with Crippen LogP contribution in [0.5, 0.6) is 5.75 Å². The van der Waals surface area contributed by atoms with Crippen molar-refractivity contribution >= 4 is 5.78 Å². The molecule has 0 N–H and O–H groups in total. The third-order valence-corrected chi connectivity index (χ3v) is 4.39. The quantitative estimate of drug-likeness (QED) is 0.220. The maximum atomic E-state index is 14.2. The van der Waals surface area contributed by atoms with Gasteiger partial charge in [-0.05, 0) is 58.3 Å². The van der Waals surface area contributed by atoms with Gasteiger partial charge in [-0.15, -0.1) is 13.2 Å². The Kier molecular flexibility index (Phi) is 11.3. The number of carbonyl (C=O) groups is 1. The van der Waals surface area contributed by atoms with Crippen LogP contribution in [0.3, 0.4) is 0 Å². The van der Waals surface area contributed by atoms with E-state index in [1.165, 1.54) is 6.07 Å². The molecule has 3 nitrogen and oxygen atoms in total. The highest BCUT2D eigenvalue weighted by Gasteiger charge is 2.17. The summed E-state index contributed by atoms with van der Waals surface area (Å²) in [5.41, 5.74) is 1.12. The third kappa shape index (κ3) is 9.53. The zero-order valence-electron chi connectivity index (χ0n) is 16.9. The molecular formula is C23H34FNO2. The second kappa shape index (κ2) is 13.3. The standard InChI is InChI=1S/C23H34FNO2/c1-5-16-25(4)17-8-6-7-9-18-27-22-15-11-13-20(24)23(22)21(26)14-10-12-19(2)3/h5,11,13,15H,1-2,6-10,12,14,16-18H2,3-4H3. The molecule has 0 aliphatic rings. The van der Waals surface area contributed by atoms with Gasteiger partial charge in [0.25, 0.3) is 0 Å². The minimum atomic E-state index is -0.502. The zero-order valence-corrected chi connectivity index (χ0v) is 16.9. The summed E-state index contributed by atoms with van der Waals surface area (Å²) in [4.78, 5) is 14.6. The van der Waals surface area contributed by atoms with Gasteiger partial charge in [0.2, 0.25) is 0 Å². The molecule has 0 aromatic heterocycles. The smallest absolute Gasteiger partial charge is 0.169 e. The molecule has 1 rings (SSSR count). The van der Waals surface area contributed by atoms with Gasteiger partial charge in [0.05, 0.1) is 12.2 Å².